The van der Waals surface area contributed by atoms with Crippen LogP contribution in [0.4, 0.5) is 0 Å². The van der Waals surface area contributed by atoms with Crippen LogP contribution in [0.15, 0.2) is 0 Å². The summed E-state index contributed by atoms with van der Waals surface area (Å²) in [6, 6.07) is 0.422. The van der Waals surface area contributed by atoms with Gasteiger partial charge in [-0.2, -0.15) is 0 Å². The summed E-state index contributed by atoms with van der Waals surface area (Å²) < 4.78 is 0. The molecule has 0 bridgehead atoms. The summed E-state index contributed by atoms with van der Waals surface area (Å²) in [6.45, 7) is 3.40. The molecule has 3 rings (SSSR count). The Bertz CT molecular complexity index is 460. The van der Waals surface area contributed by atoms with E-state index in [2.05, 4.69) is 4.90 Å². The van der Waals surface area contributed by atoms with Crippen molar-refractivity contribution < 1.29 is 9.59 Å². The Morgan fingerprint density at radius 3 is 2.12 bits per heavy atom. The third-order valence-corrected chi connectivity index (χ3v) is 5.75. The Labute approximate surface area is 163 Å². The molecule has 2 aliphatic carbocycles. The lowest BCUT2D eigenvalue weighted by atomic mass is 9.94. The van der Waals surface area contributed by atoms with Crippen LogP contribution < -0.4 is 5.73 Å². The molecule has 0 unspecified atom stereocenters. The van der Waals surface area contributed by atoms with Gasteiger partial charge >= 0.3 is 0 Å². The van der Waals surface area contributed by atoms with Crippen LogP contribution >= 0.6 is 24.8 Å². The molecule has 0 aromatic heterocycles. The van der Waals surface area contributed by atoms with Crippen molar-refractivity contribution in [3.8, 4) is 0 Å². The average molecular weight is 395 g/mol. The number of carbonyl (C=O) groups is 2. The summed E-state index contributed by atoms with van der Waals surface area (Å²) in [4.78, 5) is 30.7. The van der Waals surface area contributed by atoms with Gasteiger partial charge in [0.25, 0.3) is 0 Å². The minimum absolute atomic E-state index is 0. The molecule has 25 heavy (non-hydrogen) atoms. The number of carbonyl (C=O) groups excluding carboxylic acids is 2. The first kappa shape index (κ1) is 22.5. The maximum atomic E-state index is 12.5. The maximum Gasteiger partial charge on any atom is 0.242 e. The molecule has 0 atom stereocenters. The third-order valence-electron chi connectivity index (χ3n) is 5.75. The molecule has 2 saturated carbocycles. The van der Waals surface area contributed by atoms with Crippen LogP contribution in [-0.2, 0) is 9.59 Å². The van der Waals surface area contributed by atoms with Gasteiger partial charge in [0.05, 0.1) is 12.1 Å². The smallest absolute Gasteiger partial charge is 0.242 e. The molecule has 0 spiro atoms. The molecule has 2 N–H and O–H groups in total. The van der Waals surface area contributed by atoms with Crippen LogP contribution in [0.1, 0.15) is 44.9 Å². The Balaban J connectivity index is 0.00000156. The molecular formula is C17H32Cl2N4O2. The number of hydrogen-bond donors (Lipinski definition) is 1. The van der Waals surface area contributed by atoms with Gasteiger partial charge in [0.15, 0.2) is 0 Å². The second kappa shape index (κ2) is 9.40. The number of nitrogens with two attached hydrogens (primary N) is 1. The van der Waals surface area contributed by atoms with Gasteiger partial charge in [0.2, 0.25) is 11.8 Å². The van der Waals surface area contributed by atoms with Crippen molar-refractivity contribution in [1.29, 1.82) is 0 Å². The molecule has 1 saturated heterocycles. The van der Waals surface area contributed by atoms with E-state index < -0.39 is 5.54 Å². The molecule has 0 aromatic rings. The summed E-state index contributed by atoms with van der Waals surface area (Å²) in [5.74, 6) is 0.317. The highest BCUT2D eigenvalue weighted by Crippen LogP contribution is 2.34. The molecular weight excluding hydrogens is 363 g/mol. The SMILES string of the molecule is CN(C(=O)CN1CCN(C(=O)C2(N)CC2)CC1)C1CCCCC1.Cl.Cl. The monoisotopic (exact) mass is 394 g/mol. The van der Waals surface area contributed by atoms with Crippen molar-refractivity contribution >= 4 is 36.6 Å². The van der Waals surface area contributed by atoms with E-state index in [-0.39, 0.29) is 36.6 Å². The van der Waals surface area contributed by atoms with E-state index in [1.807, 2.05) is 16.8 Å². The average Bonchev–Trinajstić information content (AvgIpc) is 3.34. The maximum absolute atomic E-state index is 12.5. The van der Waals surface area contributed by atoms with Gasteiger partial charge in [-0.05, 0) is 25.7 Å². The number of halogens is 2. The fourth-order valence-corrected chi connectivity index (χ4v) is 3.75. The zero-order valence-corrected chi connectivity index (χ0v) is 16.7. The molecule has 8 heteroatoms. The predicted molar refractivity (Wildman–Crippen MR) is 103 cm³/mol. The summed E-state index contributed by atoms with van der Waals surface area (Å²) in [6.07, 6.45) is 7.70. The van der Waals surface area contributed by atoms with E-state index in [0.29, 0.717) is 25.7 Å². The van der Waals surface area contributed by atoms with Gasteiger partial charge in [-0.15, -0.1) is 24.8 Å². The Morgan fingerprint density at radius 1 is 1.04 bits per heavy atom. The molecule has 0 radical (unpaired) electrons. The molecule has 3 fully saturated rings. The first-order valence-electron chi connectivity index (χ1n) is 9.06. The van der Waals surface area contributed by atoms with Gasteiger partial charge in [0.1, 0.15) is 0 Å². The summed E-state index contributed by atoms with van der Waals surface area (Å²) in [5, 5.41) is 0. The van der Waals surface area contributed by atoms with Crippen LogP contribution in [0.5, 0.6) is 0 Å². The summed E-state index contributed by atoms with van der Waals surface area (Å²) >= 11 is 0. The number of piperazine rings is 1. The lowest BCUT2D eigenvalue weighted by Crippen LogP contribution is -2.55. The van der Waals surface area contributed by atoms with Gasteiger partial charge in [-0.3, -0.25) is 14.5 Å². The third kappa shape index (κ3) is 5.46. The molecule has 1 aliphatic heterocycles. The number of rotatable bonds is 4. The minimum atomic E-state index is -0.570. The van der Waals surface area contributed by atoms with Crippen molar-refractivity contribution in [2.75, 3.05) is 39.8 Å². The Morgan fingerprint density at radius 2 is 1.60 bits per heavy atom. The van der Waals surface area contributed by atoms with E-state index in [1.165, 1.54) is 19.3 Å². The van der Waals surface area contributed by atoms with Gasteiger partial charge in [-0.25, -0.2) is 0 Å². The Hall–Kier alpha value is -0.560. The standard InChI is InChI=1S/C17H30N4O2.2ClH/c1-19(14-5-3-2-4-6-14)15(22)13-20-9-11-21(12-10-20)16(23)17(18)7-8-17;;/h14H,2-13,18H2,1H3;2*1H. The van der Waals surface area contributed by atoms with Crippen molar-refractivity contribution in [3.63, 3.8) is 0 Å². The van der Waals surface area contributed by atoms with Crippen LogP contribution in [0.25, 0.3) is 0 Å². The van der Waals surface area contributed by atoms with E-state index in [0.717, 1.165) is 38.8 Å². The zero-order chi connectivity index (χ0) is 16.4. The van der Waals surface area contributed by atoms with Crippen molar-refractivity contribution in [2.24, 2.45) is 5.73 Å². The second-order valence-electron chi connectivity index (χ2n) is 7.52. The van der Waals surface area contributed by atoms with Crippen LogP contribution in [0, 0.1) is 0 Å². The van der Waals surface area contributed by atoms with Crippen molar-refractivity contribution in [1.82, 2.24) is 14.7 Å². The Kier molecular flexibility index (Phi) is 8.45. The lowest BCUT2D eigenvalue weighted by Gasteiger charge is -2.37. The fraction of sp³-hybridized carbons (Fsp3) is 0.882. The largest absolute Gasteiger partial charge is 0.342 e. The van der Waals surface area contributed by atoms with Crippen LogP contribution in [-0.4, -0.2) is 77.9 Å². The highest BCUT2D eigenvalue weighted by atomic mass is 35.5. The molecule has 3 aliphatic rings. The van der Waals surface area contributed by atoms with Crippen LogP contribution in [0.3, 0.4) is 0 Å². The van der Waals surface area contributed by atoms with Crippen LogP contribution in [0.2, 0.25) is 0 Å². The van der Waals surface area contributed by atoms with E-state index >= 15 is 0 Å². The highest BCUT2D eigenvalue weighted by Gasteiger charge is 2.48. The first-order valence-corrected chi connectivity index (χ1v) is 9.06. The summed E-state index contributed by atoms with van der Waals surface area (Å²) in [5.41, 5.74) is 5.42. The topological polar surface area (TPSA) is 69.9 Å². The minimum Gasteiger partial charge on any atom is -0.342 e. The predicted octanol–water partition coefficient (Wildman–Crippen LogP) is 1.26. The second-order valence-corrected chi connectivity index (χ2v) is 7.52. The first-order chi connectivity index (χ1) is 11.0. The number of likely N-dealkylation sites (N-methyl/N-ethyl adjacent to an activating group) is 1. The quantitative estimate of drug-likeness (QED) is 0.778. The normalized spacial score (nSPS) is 23.2. The molecule has 1 heterocycles. The van der Waals surface area contributed by atoms with E-state index in [9.17, 15) is 9.59 Å². The van der Waals surface area contributed by atoms with Gasteiger partial charge in [0, 0.05) is 39.3 Å². The molecule has 146 valence electrons. The number of nitrogens with zero attached hydrogens (tertiary/aromatic N) is 3. The summed E-state index contributed by atoms with van der Waals surface area (Å²) in [7, 11) is 1.95. The molecule has 6 nitrogen and oxygen atoms in total. The zero-order valence-electron chi connectivity index (χ0n) is 15.1. The highest BCUT2D eigenvalue weighted by molar-refractivity contribution is 5.89. The molecule has 2 amide bonds. The van der Waals surface area contributed by atoms with E-state index in [1.54, 1.807) is 0 Å². The molecule has 0 aromatic carbocycles. The number of hydrogen-bond acceptors (Lipinski definition) is 4. The van der Waals surface area contributed by atoms with Gasteiger partial charge < -0.3 is 15.5 Å². The number of amides is 2. The van der Waals surface area contributed by atoms with Gasteiger partial charge in [-0.1, -0.05) is 19.3 Å². The fourth-order valence-electron chi connectivity index (χ4n) is 3.75. The van der Waals surface area contributed by atoms with Crippen molar-refractivity contribution in [2.45, 2.75) is 56.5 Å². The van der Waals surface area contributed by atoms with Crippen molar-refractivity contribution in [3.05, 3.63) is 0 Å². The van der Waals surface area contributed by atoms with E-state index in [4.69, 9.17) is 5.73 Å². The lowest BCUT2D eigenvalue weighted by molar-refractivity contribution is -0.137.